The fourth-order valence-corrected chi connectivity index (χ4v) is 2.62. The zero-order valence-corrected chi connectivity index (χ0v) is 13.0. The lowest BCUT2D eigenvalue weighted by Gasteiger charge is -2.18. The van der Waals surface area contributed by atoms with E-state index in [1.165, 1.54) is 0 Å². The maximum atomic E-state index is 6.17. The number of ether oxygens (including phenoxy) is 1. The van der Waals surface area contributed by atoms with Crippen molar-refractivity contribution >= 4 is 23.2 Å². The highest BCUT2D eigenvalue weighted by atomic mass is 35.5. The van der Waals surface area contributed by atoms with E-state index in [4.69, 9.17) is 27.9 Å². The second-order valence-corrected chi connectivity index (χ2v) is 5.36. The van der Waals surface area contributed by atoms with Gasteiger partial charge in [-0.15, -0.1) is 0 Å². The minimum atomic E-state index is 0.137. The molecule has 0 saturated carbocycles. The van der Waals surface area contributed by atoms with Crippen LogP contribution in [0.25, 0.3) is 0 Å². The maximum absolute atomic E-state index is 6.17. The van der Waals surface area contributed by atoms with Gasteiger partial charge in [0.05, 0.1) is 7.11 Å². The Kier molecular flexibility index (Phi) is 5.30. The molecule has 0 radical (unpaired) electrons. The molecule has 0 fully saturated rings. The van der Waals surface area contributed by atoms with E-state index in [2.05, 4.69) is 12.2 Å². The van der Waals surface area contributed by atoms with Crippen molar-refractivity contribution in [3.63, 3.8) is 0 Å². The van der Waals surface area contributed by atoms with Crippen molar-refractivity contribution in [3.05, 3.63) is 63.6 Å². The van der Waals surface area contributed by atoms with E-state index in [0.29, 0.717) is 16.6 Å². The third-order valence-electron chi connectivity index (χ3n) is 3.25. The molecule has 0 unspecified atom stereocenters. The Balaban J connectivity index is 2.11. The predicted octanol–water partition coefficient (Wildman–Crippen LogP) is 4.85. The molecule has 20 heavy (non-hydrogen) atoms. The van der Waals surface area contributed by atoms with Crippen LogP contribution in [0.3, 0.4) is 0 Å². The van der Waals surface area contributed by atoms with Gasteiger partial charge in [-0.1, -0.05) is 47.5 Å². The monoisotopic (exact) mass is 309 g/mol. The number of nitrogens with one attached hydrogen (secondary N) is 1. The molecule has 0 heterocycles. The Labute approximate surface area is 129 Å². The van der Waals surface area contributed by atoms with Crippen molar-refractivity contribution in [2.75, 3.05) is 7.11 Å². The summed E-state index contributed by atoms with van der Waals surface area (Å²) < 4.78 is 5.37. The lowest BCUT2D eigenvalue weighted by Crippen LogP contribution is -2.19. The highest BCUT2D eigenvalue weighted by molar-refractivity contribution is 6.35. The molecule has 0 spiro atoms. The van der Waals surface area contributed by atoms with Gasteiger partial charge in [0, 0.05) is 33.8 Å². The van der Waals surface area contributed by atoms with Gasteiger partial charge in [0.25, 0.3) is 0 Å². The number of halogens is 2. The van der Waals surface area contributed by atoms with Crippen LogP contribution in [0, 0.1) is 0 Å². The quantitative estimate of drug-likeness (QED) is 0.852. The van der Waals surface area contributed by atoms with Gasteiger partial charge >= 0.3 is 0 Å². The molecule has 4 heteroatoms. The predicted molar refractivity (Wildman–Crippen MR) is 84.7 cm³/mol. The minimum Gasteiger partial charge on any atom is -0.496 e. The van der Waals surface area contributed by atoms with Crippen molar-refractivity contribution in [2.24, 2.45) is 0 Å². The molecule has 2 aromatic carbocycles. The molecule has 0 amide bonds. The molecule has 106 valence electrons. The second kappa shape index (κ2) is 6.98. The van der Waals surface area contributed by atoms with E-state index in [1.54, 1.807) is 7.11 Å². The first-order valence-electron chi connectivity index (χ1n) is 6.42. The summed E-state index contributed by atoms with van der Waals surface area (Å²) >= 11 is 12.3. The summed E-state index contributed by atoms with van der Waals surface area (Å²) in [4.78, 5) is 0. The zero-order valence-electron chi connectivity index (χ0n) is 11.5. The Hall–Kier alpha value is -1.22. The Morgan fingerprint density at radius 1 is 1.05 bits per heavy atom. The van der Waals surface area contributed by atoms with Gasteiger partial charge in [-0.3, -0.25) is 0 Å². The van der Waals surface area contributed by atoms with E-state index in [9.17, 15) is 0 Å². The van der Waals surface area contributed by atoms with E-state index < -0.39 is 0 Å². The summed E-state index contributed by atoms with van der Waals surface area (Å²) in [7, 11) is 1.68. The van der Waals surface area contributed by atoms with Crippen molar-refractivity contribution in [1.82, 2.24) is 5.32 Å². The summed E-state index contributed by atoms with van der Waals surface area (Å²) in [5, 5.41) is 4.78. The average molecular weight is 310 g/mol. The van der Waals surface area contributed by atoms with Gasteiger partial charge in [0.1, 0.15) is 5.75 Å². The highest BCUT2D eigenvalue weighted by Gasteiger charge is 2.12. The minimum absolute atomic E-state index is 0.137. The topological polar surface area (TPSA) is 21.3 Å². The number of rotatable bonds is 5. The van der Waals surface area contributed by atoms with Crippen molar-refractivity contribution in [3.8, 4) is 5.75 Å². The van der Waals surface area contributed by atoms with Gasteiger partial charge in [0.15, 0.2) is 0 Å². The third kappa shape index (κ3) is 3.45. The van der Waals surface area contributed by atoms with Gasteiger partial charge in [-0.25, -0.2) is 0 Å². The summed E-state index contributed by atoms with van der Waals surface area (Å²) in [6, 6.07) is 13.6. The van der Waals surface area contributed by atoms with Crippen molar-refractivity contribution < 1.29 is 4.74 Å². The van der Waals surface area contributed by atoms with E-state index in [0.717, 1.165) is 16.9 Å². The first kappa shape index (κ1) is 15.2. The van der Waals surface area contributed by atoms with E-state index >= 15 is 0 Å². The van der Waals surface area contributed by atoms with E-state index in [-0.39, 0.29) is 6.04 Å². The van der Waals surface area contributed by atoms with Crippen LogP contribution in [0.5, 0.6) is 5.75 Å². The molecule has 0 aliphatic carbocycles. The molecule has 0 aromatic heterocycles. The first-order chi connectivity index (χ1) is 9.63. The fraction of sp³-hybridized carbons (Fsp3) is 0.250. The number of hydrogen-bond donors (Lipinski definition) is 1. The normalized spacial score (nSPS) is 12.2. The number of para-hydroxylation sites is 1. The summed E-state index contributed by atoms with van der Waals surface area (Å²) in [5.74, 6) is 0.873. The van der Waals surface area contributed by atoms with Crippen LogP contribution in [0.1, 0.15) is 24.1 Å². The molecule has 2 nitrogen and oxygen atoms in total. The third-order valence-corrected chi connectivity index (χ3v) is 3.96. The molecule has 0 bridgehead atoms. The second-order valence-electron chi connectivity index (χ2n) is 4.54. The first-order valence-corrected chi connectivity index (χ1v) is 7.18. The Morgan fingerprint density at radius 2 is 1.70 bits per heavy atom. The molecule has 1 atom stereocenters. The van der Waals surface area contributed by atoms with Gasteiger partial charge < -0.3 is 10.1 Å². The summed E-state index contributed by atoms with van der Waals surface area (Å²) in [5.41, 5.74) is 2.02. The zero-order chi connectivity index (χ0) is 14.5. The smallest absolute Gasteiger partial charge is 0.123 e. The molecule has 2 aromatic rings. The van der Waals surface area contributed by atoms with Crippen LogP contribution in [0.2, 0.25) is 10.0 Å². The van der Waals surface area contributed by atoms with Crippen molar-refractivity contribution in [2.45, 2.75) is 19.5 Å². The fourth-order valence-electron chi connectivity index (χ4n) is 2.09. The molecular formula is C16H17Cl2NO. The number of benzene rings is 2. The lowest BCUT2D eigenvalue weighted by molar-refractivity contribution is 0.401. The van der Waals surface area contributed by atoms with Crippen LogP contribution in [0.4, 0.5) is 0 Å². The SMILES string of the molecule is COc1ccccc1[C@H](C)NCc1c(Cl)cccc1Cl. The number of methoxy groups -OCH3 is 1. The molecule has 1 N–H and O–H groups in total. The van der Waals surface area contributed by atoms with Crippen LogP contribution in [-0.2, 0) is 6.54 Å². The molecule has 0 aliphatic rings. The molecular weight excluding hydrogens is 293 g/mol. The summed E-state index contributed by atoms with van der Waals surface area (Å²) in [6.07, 6.45) is 0. The van der Waals surface area contributed by atoms with E-state index in [1.807, 2.05) is 42.5 Å². The van der Waals surface area contributed by atoms with Gasteiger partial charge in [0.2, 0.25) is 0 Å². The van der Waals surface area contributed by atoms with Crippen LogP contribution in [-0.4, -0.2) is 7.11 Å². The molecule has 2 rings (SSSR count). The summed E-state index contributed by atoms with van der Waals surface area (Å²) in [6.45, 7) is 2.69. The van der Waals surface area contributed by atoms with Crippen LogP contribution < -0.4 is 10.1 Å². The Bertz CT molecular complexity index is 566. The van der Waals surface area contributed by atoms with Crippen molar-refractivity contribution in [1.29, 1.82) is 0 Å². The number of hydrogen-bond acceptors (Lipinski definition) is 2. The maximum Gasteiger partial charge on any atom is 0.123 e. The van der Waals surface area contributed by atoms with Crippen LogP contribution in [0.15, 0.2) is 42.5 Å². The molecule has 0 aliphatic heterocycles. The average Bonchev–Trinajstić information content (AvgIpc) is 2.46. The van der Waals surface area contributed by atoms with Gasteiger partial charge in [-0.2, -0.15) is 0 Å². The Morgan fingerprint density at radius 3 is 2.35 bits per heavy atom. The highest BCUT2D eigenvalue weighted by Crippen LogP contribution is 2.27. The molecule has 0 saturated heterocycles. The van der Waals surface area contributed by atoms with Crippen LogP contribution >= 0.6 is 23.2 Å². The van der Waals surface area contributed by atoms with Gasteiger partial charge in [-0.05, 0) is 25.1 Å². The largest absolute Gasteiger partial charge is 0.496 e. The standard InChI is InChI=1S/C16H17Cl2NO/c1-11(12-6-3-4-9-16(12)20-2)19-10-13-14(17)7-5-8-15(13)18/h3-9,11,19H,10H2,1-2H3/t11-/m0/s1. The lowest BCUT2D eigenvalue weighted by atomic mass is 10.1.